The SMILES string of the molecule is Cc1n[nH]c(C)c1CNC(=O)c1cn2c(c(O)c1=O)C(=O)N1[C@@H](C)CO[C@@H]1C2. The van der Waals surface area contributed by atoms with Gasteiger partial charge in [-0.15, -0.1) is 0 Å². The molecule has 0 aliphatic carbocycles. The van der Waals surface area contributed by atoms with Crippen LogP contribution in [0.5, 0.6) is 5.75 Å². The van der Waals surface area contributed by atoms with Gasteiger partial charge in [-0.05, 0) is 20.8 Å². The second kappa shape index (κ2) is 6.48. The molecule has 1 fully saturated rings. The Hall–Kier alpha value is -3.14. The molecule has 10 nitrogen and oxygen atoms in total. The summed E-state index contributed by atoms with van der Waals surface area (Å²) in [4.78, 5) is 39.4. The van der Waals surface area contributed by atoms with Gasteiger partial charge in [0.2, 0.25) is 5.43 Å². The number of fused-ring (bicyclic) bond motifs is 2. The molecular formula is C18H21N5O5. The first-order valence-electron chi connectivity index (χ1n) is 8.99. The normalized spacial score (nSPS) is 20.8. The summed E-state index contributed by atoms with van der Waals surface area (Å²) in [6.45, 7) is 6.28. The number of nitrogens with one attached hydrogen (secondary N) is 2. The minimum absolute atomic E-state index is 0.114. The van der Waals surface area contributed by atoms with Crippen LogP contribution >= 0.6 is 0 Å². The maximum atomic E-state index is 12.7. The van der Waals surface area contributed by atoms with Crippen molar-refractivity contribution in [3.05, 3.63) is 44.6 Å². The van der Waals surface area contributed by atoms with Gasteiger partial charge in [0.1, 0.15) is 5.56 Å². The van der Waals surface area contributed by atoms with Gasteiger partial charge in [-0.3, -0.25) is 19.5 Å². The lowest BCUT2D eigenvalue weighted by Crippen LogP contribution is -2.49. The number of aromatic hydroxyl groups is 1. The van der Waals surface area contributed by atoms with Gasteiger partial charge < -0.3 is 24.6 Å². The number of carbonyl (C=O) groups excluding carboxylic acids is 2. The van der Waals surface area contributed by atoms with Crippen molar-refractivity contribution in [2.45, 2.75) is 46.1 Å². The smallest absolute Gasteiger partial charge is 0.276 e. The second-order valence-corrected chi connectivity index (χ2v) is 7.17. The zero-order valence-corrected chi connectivity index (χ0v) is 15.8. The summed E-state index contributed by atoms with van der Waals surface area (Å²) in [7, 11) is 0. The Balaban J connectivity index is 1.65. The van der Waals surface area contributed by atoms with E-state index in [1.165, 1.54) is 15.7 Å². The van der Waals surface area contributed by atoms with E-state index in [-0.39, 0.29) is 30.4 Å². The van der Waals surface area contributed by atoms with Gasteiger partial charge in [-0.2, -0.15) is 5.10 Å². The highest BCUT2D eigenvalue weighted by molar-refractivity contribution is 5.99. The number of hydrogen-bond acceptors (Lipinski definition) is 6. The Kier molecular flexibility index (Phi) is 4.22. The number of aromatic amines is 1. The Bertz CT molecular complexity index is 1020. The number of pyridine rings is 1. The number of aryl methyl sites for hydroxylation is 2. The molecule has 0 aromatic carbocycles. The third-order valence-electron chi connectivity index (χ3n) is 5.31. The number of rotatable bonds is 3. The van der Waals surface area contributed by atoms with Gasteiger partial charge in [0, 0.05) is 24.0 Å². The van der Waals surface area contributed by atoms with Crippen LogP contribution < -0.4 is 10.7 Å². The molecular weight excluding hydrogens is 366 g/mol. The number of nitrogens with zero attached hydrogens (tertiary/aromatic N) is 3. The molecule has 0 radical (unpaired) electrons. The number of ether oxygens (including phenoxy) is 1. The highest BCUT2D eigenvalue weighted by atomic mass is 16.5. The number of H-pyrrole nitrogens is 1. The zero-order chi connectivity index (χ0) is 20.2. The van der Waals surface area contributed by atoms with Crippen LogP contribution in [-0.2, 0) is 17.8 Å². The number of carbonyl (C=O) groups is 2. The van der Waals surface area contributed by atoms with E-state index in [0.717, 1.165) is 17.0 Å². The minimum atomic E-state index is -0.871. The maximum absolute atomic E-state index is 12.7. The van der Waals surface area contributed by atoms with Crippen LogP contribution in [0.15, 0.2) is 11.0 Å². The van der Waals surface area contributed by atoms with E-state index in [1.54, 1.807) is 0 Å². The van der Waals surface area contributed by atoms with Crippen molar-refractivity contribution in [2.75, 3.05) is 6.61 Å². The zero-order valence-electron chi connectivity index (χ0n) is 15.8. The average Bonchev–Trinajstić information content (AvgIpc) is 3.18. The van der Waals surface area contributed by atoms with Gasteiger partial charge in [0.15, 0.2) is 17.7 Å². The lowest BCUT2D eigenvalue weighted by atomic mass is 10.1. The first-order chi connectivity index (χ1) is 13.3. The molecule has 2 amide bonds. The fourth-order valence-corrected chi connectivity index (χ4v) is 3.74. The summed E-state index contributed by atoms with van der Waals surface area (Å²) in [6, 6.07) is -0.148. The largest absolute Gasteiger partial charge is 0.503 e. The standard InChI is InChI=1S/C18H21N5O5/c1-8-7-28-13-6-22-5-12(15(24)16(25)14(22)18(27)23(8)13)17(26)19-4-11-9(2)20-21-10(11)3/h5,8,13,25H,4,6-7H2,1-3H3,(H,19,26)(H,20,21)/t8-,13+/m0/s1. The summed E-state index contributed by atoms with van der Waals surface area (Å²) < 4.78 is 7.02. The predicted molar refractivity (Wildman–Crippen MR) is 97.0 cm³/mol. The van der Waals surface area contributed by atoms with Crippen molar-refractivity contribution in [1.29, 1.82) is 0 Å². The topological polar surface area (TPSA) is 130 Å². The third kappa shape index (κ3) is 2.68. The maximum Gasteiger partial charge on any atom is 0.276 e. The highest BCUT2D eigenvalue weighted by Crippen LogP contribution is 2.29. The Morgan fingerprint density at radius 1 is 1.43 bits per heavy atom. The van der Waals surface area contributed by atoms with Crippen molar-refractivity contribution < 1.29 is 19.4 Å². The molecule has 0 saturated carbocycles. The first kappa shape index (κ1) is 18.2. The molecule has 2 aromatic heterocycles. The second-order valence-electron chi connectivity index (χ2n) is 7.17. The molecule has 1 saturated heterocycles. The number of amides is 2. The molecule has 4 rings (SSSR count). The van der Waals surface area contributed by atoms with Crippen LogP contribution in [0.25, 0.3) is 0 Å². The molecule has 0 spiro atoms. The minimum Gasteiger partial charge on any atom is -0.503 e. The molecule has 10 heteroatoms. The van der Waals surface area contributed by atoms with E-state index < -0.39 is 29.2 Å². The number of aromatic nitrogens is 3. The fourth-order valence-electron chi connectivity index (χ4n) is 3.74. The molecule has 2 aliphatic heterocycles. The van der Waals surface area contributed by atoms with E-state index >= 15 is 0 Å². The van der Waals surface area contributed by atoms with Crippen LogP contribution in [-0.4, -0.2) is 55.5 Å². The lowest BCUT2D eigenvalue weighted by molar-refractivity contribution is 0.00624. The molecule has 2 atom stereocenters. The predicted octanol–water partition coefficient (Wildman–Crippen LogP) is 0.0244. The molecule has 0 bridgehead atoms. The molecule has 3 N–H and O–H groups in total. The van der Waals surface area contributed by atoms with E-state index in [1.807, 2.05) is 20.8 Å². The van der Waals surface area contributed by atoms with Gasteiger partial charge in [0.05, 0.1) is 24.9 Å². The van der Waals surface area contributed by atoms with Crippen molar-refractivity contribution >= 4 is 11.8 Å². The van der Waals surface area contributed by atoms with E-state index in [2.05, 4.69) is 15.5 Å². The van der Waals surface area contributed by atoms with E-state index in [4.69, 9.17) is 4.74 Å². The van der Waals surface area contributed by atoms with Crippen molar-refractivity contribution in [1.82, 2.24) is 25.0 Å². The van der Waals surface area contributed by atoms with Crippen molar-refractivity contribution in [2.24, 2.45) is 0 Å². The molecule has 148 valence electrons. The van der Waals surface area contributed by atoms with Crippen LogP contribution in [0.4, 0.5) is 0 Å². The summed E-state index contributed by atoms with van der Waals surface area (Å²) in [5.41, 5.74) is 1.18. The van der Waals surface area contributed by atoms with Crippen LogP contribution in [0.1, 0.15) is 44.7 Å². The summed E-state index contributed by atoms with van der Waals surface area (Å²) in [6.07, 6.45) is 0.827. The Morgan fingerprint density at radius 2 is 2.18 bits per heavy atom. The van der Waals surface area contributed by atoms with E-state index in [0.29, 0.717) is 6.61 Å². The molecule has 2 aliphatic rings. The average molecular weight is 387 g/mol. The lowest BCUT2D eigenvalue weighted by Gasteiger charge is -2.33. The van der Waals surface area contributed by atoms with Gasteiger partial charge in [-0.25, -0.2) is 0 Å². The van der Waals surface area contributed by atoms with Crippen LogP contribution in [0.2, 0.25) is 0 Å². The van der Waals surface area contributed by atoms with Crippen molar-refractivity contribution in [3.8, 4) is 5.75 Å². The summed E-state index contributed by atoms with van der Waals surface area (Å²) in [5.74, 6) is -1.83. The quantitative estimate of drug-likeness (QED) is 0.681. The number of hydrogen-bond donors (Lipinski definition) is 3. The van der Waals surface area contributed by atoms with E-state index in [9.17, 15) is 19.5 Å². The Labute approximate surface area is 160 Å². The van der Waals surface area contributed by atoms with Gasteiger partial charge >= 0.3 is 0 Å². The molecule has 2 aromatic rings. The van der Waals surface area contributed by atoms with Crippen LogP contribution in [0.3, 0.4) is 0 Å². The molecule has 4 heterocycles. The monoisotopic (exact) mass is 387 g/mol. The fraction of sp³-hybridized carbons (Fsp3) is 0.444. The molecule has 0 unspecified atom stereocenters. The molecule has 28 heavy (non-hydrogen) atoms. The highest BCUT2D eigenvalue weighted by Gasteiger charge is 2.42. The first-order valence-corrected chi connectivity index (χ1v) is 8.99. The van der Waals surface area contributed by atoms with Crippen molar-refractivity contribution in [3.63, 3.8) is 0 Å². The summed E-state index contributed by atoms with van der Waals surface area (Å²) in [5, 5.41) is 19.9. The summed E-state index contributed by atoms with van der Waals surface area (Å²) >= 11 is 0. The Morgan fingerprint density at radius 3 is 2.86 bits per heavy atom. The van der Waals surface area contributed by atoms with Gasteiger partial charge in [-0.1, -0.05) is 0 Å². The van der Waals surface area contributed by atoms with Crippen LogP contribution in [0, 0.1) is 13.8 Å². The van der Waals surface area contributed by atoms with Gasteiger partial charge in [0.25, 0.3) is 11.8 Å². The third-order valence-corrected chi connectivity index (χ3v) is 5.31.